The number of rotatable bonds is 4. The van der Waals surface area contributed by atoms with Gasteiger partial charge in [0.05, 0.1) is 16.3 Å². The summed E-state index contributed by atoms with van der Waals surface area (Å²) in [7, 11) is 0. The monoisotopic (exact) mass is 393 g/mol. The molecular formula is C17H13Cl2N3O4. The second-order valence-corrected chi connectivity index (χ2v) is 6.02. The van der Waals surface area contributed by atoms with Crippen molar-refractivity contribution in [3.63, 3.8) is 0 Å². The second kappa shape index (κ2) is 8.07. The minimum absolute atomic E-state index is 0.156. The molecule has 0 aliphatic carbocycles. The zero-order valence-electron chi connectivity index (χ0n) is 13.3. The standard InChI is InChI=1S/C17H13Cl2N3O4/c18-12-2-1-3-13(19)11(12)8-21-22-17(24)16(23)20-7-10-4-5-14-15(6-10)26-9-25-14/h1-6,8H,7,9H2,(H,20,23)(H,22,24)/b21-8-. The van der Waals surface area contributed by atoms with Crippen LogP contribution < -0.4 is 20.2 Å². The first-order chi connectivity index (χ1) is 12.5. The van der Waals surface area contributed by atoms with Crippen molar-refractivity contribution in [3.8, 4) is 11.5 Å². The molecule has 0 atom stereocenters. The summed E-state index contributed by atoms with van der Waals surface area (Å²) in [6.07, 6.45) is 1.27. The number of benzene rings is 2. The van der Waals surface area contributed by atoms with Gasteiger partial charge in [-0.2, -0.15) is 5.10 Å². The fourth-order valence-corrected chi connectivity index (χ4v) is 2.65. The molecule has 26 heavy (non-hydrogen) atoms. The van der Waals surface area contributed by atoms with E-state index in [0.717, 1.165) is 5.56 Å². The molecule has 2 aromatic rings. The number of carbonyl (C=O) groups is 2. The third kappa shape index (κ3) is 4.25. The van der Waals surface area contributed by atoms with Gasteiger partial charge in [0.2, 0.25) is 6.79 Å². The highest BCUT2D eigenvalue weighted by molar-refractivity contribution is 6.38. The summed E-state index contributed by atoms with van der Waals surface area (Å²) in [5.41, 5.74) is 3.33. The number of ether oxygens (including phenoxy) is 2. The predicted molar refractivity (Wildman–Crippen MR) is 96.6 cm³/mol. The number of nitrogens with one attached hydrogen (secondary N) is 2. The van der Waals surface area contributed by atoms with Gasteiger partial charge in [-0.25, -0.2) is 5.43 Å². The number of amides is 2. The van der Waals surface area contributed by atoms with E-state index in [4.69, 9.17) is 32.7 Å². The molecule has 134 valence electrons. The molecule has 0 radical (unpaired) electrons. The summed E-state index contributed by atoms with van der Waals surface area (Å²) < 4.78 is 10.5. The highest BCUT2D eigenvalue weighted by Gasteiger charge is 2.15. The molecule has 0 aromatic heterocycles. The summed E-state index contributed by atoms with van der Waals surface area (Å²) >= 11 is 12.0. The summed E-state index contributed by atoms with van der Waals surface area (Å²) in [6.45, 7) is 0.323. The molecule has 7 nitrogen and oxygen atoms in total. The van der Waals surface area contributed by atoms with Crippen molar-refractivity contribution in [1.82, 2.24) is 10.7 Å². The Hall–Kier alpha value is -2.77. The molecule has 2 aromatic carbocycles. The number of hydrogen-bond donors (Lipinski definition) is 2. The Bertz CT molecular complexity index is 866. The smallest absolute Gasteiger partial charge is 0.329 e. The lowest BCUT2D eigenvalue weighted by Crippen LogP contribution is -2.37. The zero-order valence-corrected chi connectivity index (χ0v) is 14.8. The van der Waals surface area contributed by atoms with Crippen LogP contribution in [0.25, 0.3) is 0 Å². The first-order valence-corrected chi connectivity index (χ1v) is 8.24. The van der Waals surface area contributed by atoms with E-state index in [9.17, 15) is 9.59 Å². The molecule has 2 N–H and O–H groups in total. The highest BCUT2D eigenvalue weighted by atomic mass is 35.5. The van der Waals surface area contributed by atoms with Crippen LogP contribution in [-0.4, -0.2) is 24.8 Å². The SMILES string of the molecule is O=C(NCc1ccc2c(c1)OCO2)C(=O)N/N=C\c1c(Cl)cccc1Cl. The number of fused-ring (bicyclic) bond motifs is 1. The van der Waals surface area contributed by atoms with E-state index in [2.05, 4.69) is 15.8 Å². The van der Waals surface area contributed by atoms with Crippen molar-refractivity contribution >= 4 is 41.2 Å². The quantitative estimate of drug-likeness (QED) is 0.474. The molecule has 2 amide bonds. The largest absolute Gasteiger partial charge is 0.454 e. The molecule has 0 spiro atoms. The average molecular weight is 394 g/mol. The first kappa shape index (κ1) is 18.0. The lowest BCUT2D eigenvalue weighted by molar-refractivity contribution is -0.139. The molecule has 0 bridgehead atoms. The molecule has 0 saturated heterocycles. The summed E-state index contributed by atoms with van der Waals surface area (Å²) in [4.78, 5) is 23.6. The van der Waals surface area contributed by atoms with Gasteiger partial charge in [-0.05, 0) is 29.8 Å². The molecule has 1 aliphatic heterocycles. The van der Waals surface area contributed by atoms with E-state index < -0.39 is 11.8 Å². The highest BCUT2D eigenvalue weighted by Crippen LogP contribution is 2.32. The van der Waals surface area contributed by atoms with E-state index in [1.165, 1.54) is 6.21 Å². The summed E-state index contributed by atoms with van der Waals surface area (Å²) in [5.74, 6) is -0.497. The predicted octanol–water partition coefficient (Wildman–Crippen LogP) is 2.49. The van der Waals surface area contributed by atoms with Crippen molar-refractivity contribution < 1.29 is 19.1 Å². The van der Waals surface area contributed by atoms with Gasteiger partial charge in [0.15, 0.2) is 11.5 Å². The Morgan fingerprint density at radius 1 is 1.08 bits per heavy atom. The van der Waals surface area contributed by atoms with Gasteiger partial charge in [0.25, 0.3) is 0 Å². The fourth-order valence-electron chi connectivity index (χ4n) is 2.15. The van der Waals surface area contributed by atoms with E-state index in [0.29, 0.717) is 27.1 Å². The molecule has 9 heteroatoms. The lowest BCUT2D eigenvalue weighted by atomic mass is 10.2. The van der Waals surface area contributed by atoms with Gasteiger partial charge in [0.1, 0.15) is 0 Å². The summed E-state index contributed by atoms with van der Waals surface area (Å²) in [6, 6.07) is 10.2. The van der Waals surface area contributed by atoms with Gasteiger partial charge in [-0.3, -0.25) is 9.59 Å². The minimum Gasteiger partial charge on any atom is -0.454 e. The van der Waals surface area contributed by atoms with E-state index in [1.54, 1.807) is 36.4 Å². The van der Waals surface area contributed by atoms with Crippen LogP contribution in [0.15, 0.2) is 41.5 Å². The number of carbonyl (C=O) groups excluding carboxylic acids is 2. The number of hydrazone groups is 1. The summed E-state index contributed by atoms with van der Waals surface area (Å²) in [5, 5.41) is 6.94. The van der Waals surface area contributed by atoms with Gasteiger partial charge >= 0.3 is 11.8 Å². The minimum atomic E-state index is -0.912. The average Bonchev–Trinajstić information content (AvgIpc) is 3.09. The van der Waals surface area contributed by atoms with Gasteiger partial charge in [-0.15, -0.1) is 0 Å². The Morgan fingerprint density at radius 2 is 1.81 bits per heavy atom. The van der Waals surface area contributed by atoms with Gasteiger partial charge in [0, 0.05) is 12.1 Å². The molecule has 1 heterocycles. The topological polar surface area (TPSA) is 89.0 Å². The molecule has 3 rings (SSSR count). The maximum atomic E-state index is 11.8. The van der Waals surface area contributed by atoms with Gasteiger partial charge < -0.3 is 14.8 Å². The van der Waals surface area contributed by atoms with Crippen LogP contribution in [0.1, 0.15) is 11.1 Å². The molecule has 1 aliphatic rings. The van der Waals surface area contributed by atoms with Crippen molar-refractivity contribution in [2.45, 2.75) is 6.54 Å². The van der Waals surface area contributed by atoms with Crippen molar-refractivity contribution in [2.24, 2.45) is 5.10 Å². The Labute approximate surface area is 158 Å². The van der Waals surface area contributed by atoms with E-state index in [-0.39, 0.29) is 13.3 Å². The normalized spacial score (nSPS) is 12.2. The van der Waals surface area contributed by atoms with Crippen LogP contribution >= 0.6 is 23.2 Å². The first-order valence-electron chi connectivity index (χ1n) is 7.48. The van der Waals surface area contributed by atoms with Crippen molar-refractivity contribution in [1.29, 1.82) is 0 Å². The number of nitrogens with zero attached hydrogens (tertiary/aromatic N) is 1. The van der Waals surface area contributed by atoms with Crippen LogP contribution in [0.5, 0.6) is 11.5 Å². The molecule has 0 unspecified atom stereocenters. The fraction of sp³-hybridized carbons (Fsp3) is 0.118. The van der Waals surface area contributed by atoms with Crippen LogP contribution in [0.4, 0.5) is 0 Å². The zero-order chi connectivity index (χ0) is 18.5. The Kier molecular flexibility index (Phi) is 5.60. The van der Waals surface area contributed by atoms with Gasteiger partial charge in [-0.1, -0.05) is 35.3 Å². The van der Waals surface area contributed by atoms with Crippen molar-refractivity contribution in [2.75, 3.05) is 6.79 Å². The van der Waals surface area contributed by atoms with Crippen LogP contribution in [0, 0.1) is 0 Å². The third-order valence-corrected chi connectivity index (χ3v) is 4.11. The molecule has 0 fully saturated rings. The van der Waals surface area contributed by atoms with E-state index in [1.807, 2.05) is 0 Å². The number of halogens is 2. The third-order valence-electron chi connectivity index (χ3n) is 3.46. The number of hydrogen-bond acceptors (Lipinski definition) is 5. The lowest BCUT2D eigenvalue weighted by Gasteiger charge is -2.05. The molecule has 0 saturated carbocycles. The van der Waals surface area contributed by atoms with Crippen molar-refractivity contribution in [3.05, 3.63) is 57.6 Å². The second-order valence-electron chi connectivity index (χ2n) is 5.20. The maximum Gasteiger partial charge on any atom is 0.329 e. The maximum absolute atomic E-state index is 11.8. The van der Waals surface area contributed by atoms with Crippen LogP contribution in [0.2, 0.25) is 10.0 Å². The van der Waals surface area contributed by atoms with E-state index >= 15 is 0 Å². The molecular weight excluding hydrogens is 381 g/mol. The van der Waals surface area contributed by atoms with Crippen LogP contribution in [0.3, 0.4) is 0 Å². The van der Waals surface area contributed by atoms with Crippen LogP contribution in [-0.2, 0) is 16.1 Å². The Morgan fingerprint density at radius 3 is 2.58 bits per heavy atom. The Balaban J connectivity index is 1.52.